The zero-order chi connectivity index (χ0) is 25.7. The summed E-state index contributed by atoms with van der Waals surface area (Å²) >= 11 is 0. The fraction of sp³-hybridized carbons (Fsp3) is 0.167. The van der Waals surface area contributed by atoms with Gasteiger partial charge in [-0.15, -0.1) is 10.2 Å². The Morgan fingerprint density at radius 3 is 2.26 bits per heavy atom. The third kappa shape index (κ3) is 5.21. The van der Waals surface area contributed by atoms with Crippen LogP contribution < -0.4 is 15.0 Å². The Kier molecular flexibility index (Phi) is 6.70. The first kappa shape index (κ1) is 23.7. The molecule has 3 heterocycles. The monoisotopic (exact) mass is 505 g/mol. The molecule has 1 aliphatic rings. The molecule has 0 unspecified atom stereocenters. The molecule has 38 heavy (non-hydrogen) atoms. The van der Waals surface area contributed by atoms with Gasteiger partial charge < -0.3 is 19.7 Å². The summed E-state index contributed by atoms with van der Waals surface area (Å²) in [5, 5.41) is 12.9. The summed E-state index contributed by atoms with van der Waals surface area (Å²) in [7, 11) is 0. The highest BCUT2D eigenvalue weighted by Gasteiger charge is 2.16. The van der Waals surface area contributed by atoms with E-state index in [1.54, 1.807) is 0 Å². The van der Waals surface area contributed by atoms with Crippen molar-refractivity contribution < 1.29 is 14.3 Å². The van der Waals surface area contributed by atoms with Crippen molar-refractivity contribution in [1.29, 1.82) is 0 Å². The lowest BCUT2D eigenvalue weighted by molar-refractivity contribution is -0.115. The van der Waals surface area contributed by atoms with Crippen molar-refractivity contribution >= 4 is 28.3 Å². The molecule has 0 aliphatic carbocycles. The molecule has 8 heteroatoms. The quantitative estimate of drug-likeness (QED) is 0.326. The summed E-state index contributed by atoms with van der Waals surface area (Å²) in [5.74, 6) is 2.92. The van der Waals surface area contributed by atoms with Gasteiger partial charge in [0.2, 0.25) is 5.91 Å². The number of fused-ring (bicyclic) bond motifs is 1. The van der Waals surface area contributed by atoms with Crippen molar-refractivity contribution in [3.8, 4) is 17.3 Å². The van der Waals surface area contributed by atoms with Gasteiger partial charge in [0.25, 0.3) is 0 Å². The van der Waals surface area contributed by atoms with Crippen LogP contribution in [0.2, 0.25) is 0 Å². The molecule has 8 nitrogen and oxygen atoms in total. The fourth-order valence-corrected chi connectivity index (χ4v) is 4.60. The van der Waals surface area contributed by atoms with Gasteiger partial charge in [0.05, 0.1) is 25.2 Å². The van der Waals surface area contributed by atoms with Gasteiger partial charge >= 0.3 is 0 Å². The number of ether oxygens (including phenoxy) is 2. The number of carbonyl (C=O) groups is 1. The van der Waals surface area contributed by atoms with Crippen molar-refractivity contribution in [2.45, 2.75) is 6.42 Å². The first-order valence-electron chi connectivity index (χ1n) is 12.6. The number of anilines is 2. The molecule has 0 radical (unpaired) electrons. The molecule has 6 rings (SSSR count). The second-order valence-corrected chi connectivity index (χ2v) is 9.06. The van der Waals surface area contributed by atoms with Crippen LogP contribution >= 0.6 is 0 Å². The Bertz CT molecular complexity index is 1530. The van der Waals surface area contributed by atoms with E-state index in [1.807, 2.05) is 102 Å². The molecule has 5 aromatic rings. The van der Waals surface area contributed by atoms with E-state index in [0.29, 0.717) is 30.5 Å². The largest absolute Gasteiger partial charge is 0.457 e. The van der Waals surface area contributed by atoms with Crippen LogP contribution in [0.5, 0.6) is 11.5 Å². The average molecular weight is 506 g/mol. The van der Waals surface area contributed by atoms with Gasteiger partial charge in [0.15, 0.2) is 11.6 Å². The number of nitrogens with zero attached hydrogens (tertiary/aromatic N) is 4. The van der Waals surface area contributed by atoms with Gasteiger partial charge in [0.1, 0.15) is 11.5 Å². The van der Waals surface area contributed by atoms with Crippen LogP contribution in [0.25, 0.3) is 16.7 Å². The summed E-state index contributed by atoms with van der Waals surface area (Å²) in [5.41, 5.74) is 2.61. The van der Waals surface area contributed by atoms with Crippen molar-refractivity contribution in [3.63, 3.8) is 0 Å². The smallest absolute Gasteiger partial charge is 0.228 e. The summed E-state index contributed by atoms with van der Waals surface area (Å²) in [6.45, 7) is 3.01. The van der Waals surface area contributed by atoms with Crippen LogP contribution in [-0.4, -0.2) is 47.0 Å². The van der Waals surface area contributed by atoms with Gasteiger partial charge in [-0.2, -0.15) is 0 Å². The van der Waals surface area contributed by atoms with E-state index in [0.717, 1.165) is 41.1 Å². The third-order valence-electron chi connectivity index (χ3n) is 6.48. The summed E-state index contributed by atoms with van der Waals surface area (Å²) in [6.07, 6.45) is 2.20. The van der Waals surface area contributed by atoms with Gasteiger partial charge in [-0.25, -0.2) is 0 Å². The first-order chi connectivity index (χ1) is 18.7. The molecule has 190 valence electrons. The highest BCUT2D eigenvalue weighted by molar-refractivity contribution is 5.96. The Morgan fingerprint density at radius 1 is 0.816 bits per heavy atom. The molecule has 1 aliphatic heterocycles. The van der Waals surface area contributed by atoms with Gasteiger partial charge in [-0.1, -0.05) is 36.4 Å². The second kappa shape index (κ2) is 10.7. The van der Waals surface area contributed by atoms with Crippen LogP contribution in [-0.2, 0) is 16.0 Å². The molecule has 0 spiro atoms. The summed E-state index contributed by atoms with van der Waals surface area (Å²) < 4.78 is 13.3. The Balaban J connectivity index is 1.16. The van der Waals surface area contributed by atoms with Gasteiger partial charge in [0, 0.05) is 30.4 Å². The minimum Gasteiger partial charge on any atom is -0.457 e. The lowest BCUT2D eigenvalue weighted by atomic mass is 10.1. The number of carbonyl (C=O) groups excluding carboxylic acids is 1. The van der Waals surface area contributed by atoms with E-state index >= 15 is 0 Å². The van der Waals surface area contributed by atoms with E-state index in [4.69, 9.17) is 9.47 Å². The molecular formula is C30H27N5O3. The van der Waals surface area contributed by atoms with Gasteiger partial charge in [-0.3, -0.25) is 9.36 Å². The highest BCUT2D eigenvalue weighted by Crippen LogP contribution is 2.26. The predicted octanol–water partition coefficient (Wildman–Crippen LogP) is 5.23. The topological polar surface area (TPSA) is 81.5 Å². The number of para-hydroxylation sites is 2. The Labute approximate surface area is 220 Å². The fourth-order valence-electron chi connectivity index (χ4n) is 4.60. The second-order valence-electron chi connectivity index (χ2n) is 9.06. The van der Waals surface area contributed by atoms with Crippen molar-refractivity contribution in [1.82, 2.24) is 14.8 Å². The Morgan fingerprint density at radius 2 is 1.50 bits per heavy atom. The van der Waals surface area contributed by atoms with E-state index in [9.17, 15) is 4.79 Å². The standard InChI is InChI=1S/C30H27N5O3/c36-30(31-23-10-12-25(13-11-23)38-24-6-2-1-3-7-24)20-22-21-35(27-9-5-4-8-26(22)27)29-15-14-28(32-33-29)34-16-18-37-19-17-34/h1-15,21H,16-20H2,(H,31,36). The molecule has 3 aromatic carbocycles. The number of rotatable bonds is 7. The minimum atomic E-state index is -0.0987. The average Bonchev–Trinajstić information content (AvgIpc) is 3.33. The van der Waals surface area contributed by atoms with Crippen molar-refractivity contribution in [2.75, 3.05) is 36.5 Å². The maximum Gasteiger partial charge on any atom is 0.228 e. The SMILES string of the molecule is O=C(Cc1cn(-c2ccc(N3CCOCC3)nn2)c2ccccc12)Nc1ccc(Oc2ccccc2)cc1. The lowest BCUT2D eigenvalue weighted by Crippen LogP contribution is -2.36. The van der Waals surface area contributed by atoms with Crippen molar-refractivity contribution in [2.24, 2.45) is 0 Å². The van der Waals surface area contributed by atoms with Gasteiger partial charge in [-0.05, 0) is 60.2 Å². The maximum atomic E-state index is 13.0. The van der Waals surface area contributed by atoms with Crippen LogP contribution in [0.15, 0.2) is 97.2 Å². The molecule has 0 atom stereocenters. The maximum absolute atomic E-state index is 13.0. The zero-order valence-electron chi connectivity index (χ0n) is 20.8. The molecule has 2 aromatic heterocycles. The third-order valence-corrected chi connectivity index (χ3v) is 6.48. The number of aromatic nitrogens is 3. The summed E-state index contributed by atoms with van der Waals surface area (Å²) in [4.78, 5) is 15.1. The zero-order valence-corrected chi connectivity index (χ0v) is 20.8. The molecule has 1 N–H and O–H groups in total. The molecule has 1 fully saturated rings. The van der Waals surface area contributed by atoms with Crippen LogP contribution in [0.4, 0.5) is 11.5 Å². The number of morpholine rings is 1. The molecule has 1 saturated heterocycles. The van der Waals surface area contributed by atoms with Crippen molar-refractivity contribution in [3.05, 3.63) is 103 Å². The highest BCUT2D eigenvalue weighted by atomic mass is 16.5. The molecule has 1 amide bonds. The Hall–Kier alpha value is -4.69. The number of nitrogens with one attached hydrogen (secondary N) is 1. The number of amides is 1. The molecule has 0 saturated carbocycles. The predicted molar refractivity (Wildman–Crippen MR) is 147 cm³/mol. The van der Waals surface area contributed by atoms with Crippen LogP contribution in [0.3, 0.4) is 0 Å². The first-order valence-corrected chi connectivity index (χ1v) is 12.6. The number of hydrogen-bond acceptors (Lipinski definition) is 6. The van der Waals surface area contributed by atoms with Crippen LogP contribution in [0.1, 0.15) is 5.56 Å². The summed E-state index contributed by atoms with van der Waals surface area (Å²) in [6, 6.07) is 28.9. The normalized spacial score (nSPS) is 13.4. The lowest BCUT2D eigenvalue weighted by Gasteiger charge is -2.27. The van der Waals surface area contributed by atoms with E-state index in [2.05, 4.69) is 20.4 Å². The number of benzene rings is 3. The number of hydrogen-bond donors (Lipinski definition) is 1. The van der Waals surface area contributed by atoms with E-state index < -0.39 is 0 Å². The molecule has 0 bridgehead atoms. The minimum absolute atomic E-state index is 0.0987. The van der Waals surface area contributed by atoms with E-state index in [1.165, 1.54) is 0 Å². The molecular weight excluding hydrogens is 478 g/mol. The van der Waals surface area contributed by atoms with Crippen LogP contribution in [0, 0.1) is 0 Å². The van der Waals surface area contributed by atoms with E-state index in [-0.39, 0.29) is 12.3 Å².